The molecule has 0 amide bonds. The highest BCUT2D eigenvalue weighted by atomic mass is 19.4. The van der Waals surface area contributed by atoms with E-state index in [0.717, 1.165) is 12.8 Å². The molecule has 2 aliphatic heterocycles. The molecule has 2 fully saturated rings. The standard InChI is InChI=1S/C10H15F3N2O/c11-10(12,13)6-15-8-1-2-9(15)4-7(3-8)5-14-16/h5,7-9,16H,1-4,6H2/b14-5-. The van der Waals surface area contributed by atoms with Crippen LogP contribution in [-0.2, 0) is 0 Å². The Morgan fingerprint density at radius 3 is 2.25 bits per heavy atom. The molecule has 2 saturated heterocycles. The first-order chi connectivity index (χ1) is 7.49. The molecule has 2 heterocycles. The van der Waals surface area contributed by atoms with Gasteiger partial charge in [0.05, 0.1) is 6.54 Å². The van der Waals surface area contributed by atoms with Crippen LogP contribution in [-0.4, -0.2) is 41.1 Å². The molecule has 92 valence electrons. The van der Waals surface area contributed by atoms with Crippen LogP contribution in [0, 0.1) is 5.92 Å². The van der Waals surface area contributed by atoms with Crippen LogP contribution >= 0.6 is 0 Å². The Kier molecular flexibility index (Phi) is 3.10. The molecule has 1 N–H and O–H groups in total. The zero-order chi connectivity index (χ0) is 11.8. The summed E-state index contributed by atoms with van der Waals surface area (Å²) in [5.74, 6) is 0.131. The number of piperidine rings is 1. The lowest BCUT2D eigenvalue weighted by Crippen LogP contribution is -2.47. The van der Waals surface area contributed by atoms with E-state index in [1.165, 1.54) is 6.21 Å². The van der Waals surface area contributed by atoms with Gasteiger partial charge in [-0.3, -0.25) is 4.90 Å². The van der Waals surface area contributed by atoms with E-state index in [1.807, 2.05) is 0 Å². The number of rotatable bonds is 2. The van der Waals surface area contributed by atoms with Gasteiger partial charge < -0.3 is 5.21 Å². The van der Waals surface area contributed by atoms with E-state index in [4.69, 9.17) is 5.21 Å². The van der Waals surface area contributed by atoms with Crippen molar-refractivity contribution in [3.05, 3.63) is 0 Å². The van der Waals surface area contributed by atoms with Crippen molar-refractivity contribution in [3.8, 4) is 0 Å². The molecule has 0 aliphatic carbocycles. The molecule has 6 heteroatoms. The molecule has 0 spiro atoms. The topological polar surface area (TPSA) is 35.8 Å². The van der Waals surface area contributed by atoms with Gasteiger partial charge in [-0.25, -0.2) is 0 Å². The lowest BCUT2D eigenvalue weighted by molar-refractivity contribution is -0.155. The Bertz CT molecular complexity index is 266. The van der Waals surface area contributed by atoms with Crippen LogP contribution in [0.5, 0.6) is 0 Å². The van der Waals surface area contributed by atoms with Crippen molar-refractivity contribution in [2.24, 2.45) is 11.1 Å². The maximum atomic E-state index is 12.4. The third kappa shape index (κ3) is 2.48. The molecule has 0 saturated carbocycles. The summed E-state index contributed by atoms with van der Waals surface area (Å²) in [6, 6.07) is 0.00625. The molecule has 0 aromatic rings. The van der Waals surface area contributed by atoms with E-state index in [-0.39, 0.29) is 18.0 Å². The van der Waals surface area contributed by atoms with Crippen molar-refractivity contribution in [3.63, 3.8) is 0 Å². The summed E-state index contributed by atoms with van der Waals surface area (Å²) in [4.78, 5) is 1.57. The monoisotopic (exact) mass is 236 g/mol. The molecule has 2 unspecified atom stereocenters. The number of fused-ring (bicyclic) bond motifs is 2. The van der Waals surface area contributed by atoms with Gasteiger partial charge in [0.15, 0.2) is 0 Å². The highest BCUT2D eigenvalue weighted by Gasteiger charge is 2.44. The third-order valence-electron chi connectivity index (χ3n) is 3.56. The molecule has 2 aliphatic rings. The first-order valence-electron chi connectivity index (χ1n) is 5.49. The minimum absolute atomic E-state index is 0.00313. The number of hydrogen-bond acceptors (Lipinski definition) is 3. The molecule has 0 radical (unpaired) electrons. The van der Waals surface area contributed by atoms with Crippen LogP contribution in [0.15, 0.2) is 5.16 Å². The average Bonchev–Trinajstić information content (AvgIpc) is 2.42. The van der Waals surface area contributed by atoms with E-state index in [2.05, 4.69) is 5.16 Å². The predicted octanol–water partition coefficient (Wildman–Crippen LogP) is 2.25. The van der Waals surface area contributed by atoms with Gasteiger partial charge in [0.2, 0.25) is 0 Å². The predicted molar refractivity (Wildman–Crippen MR) is 52.6 cm³/mol. The van der Waals surface area contributed by atoms with Gasteiger partial charge in [0.1, 0.15) is 0 Å². The number of oxime groups is 1. The summed E-state index contributed by atoms with van der Waals surface area (Å²) in [6.45, 7) is -0.800. The Balaban J connectivity index is 2.00. The van der Waals surface area contributed by atoms with Gasteiger partial charge in [-0.2, -0.15) is 13.2 Å². The smallest absolute Gasteiger partial charge is 0.401 e. The van der Waals surface area contributed by atoms with Crippen LogP contribution in [0.4, 0.5) is 13.2 Å². The number of alkyl halides is 3. The zero-order valence-electron chi connectivity index (χ0n) is 8.82. The number of nitrogens with zero attached hydrogens (tertiary/aromatic N) is 2. The van der Waals surface area contributed by atoms with E-state index >= 15 is 0 Å². The summed E-state index contributed by atoms with van der Waals surface area (Å²) < 4.78 is 37.1. The van der Waals surface area contributed by atoms with Crippen molar-refractivity contribution in [2.45, 2.75) is 43.9 Å². The highest BCUT2D eigenvalue weighted by Crippen LogP contribution is 2.39. The maximum absolute atomic E-state index is 12.4. The van der Waals surface area contributed by atoms with Gasteiger partial charge in [0, 0.05) is 24.2 Å². The van der Waals surface area contributed by atoms with Gasteiger partial charge in [0.25, 0.3) is 0 Å². The minimum Gasteiger partial charge on any atom is -0.411 e. The first kappa shape index (κ1) is 11.7. The molecule has 2 bridgehead atoms. The van der Waals surface area contributed by atoms with Gasteiger partial charge >= 0.3 is 6.18 Å². The van der Waals surface area contributed by atoms with Crippen LogP contribution in [0.1, 0.15) is 25.7 Å². The van der Waals surface area contributed by atoms with Gasteiger partial charge in [-0.15, -0.1) is 5.16 Å². The van der Waals surface area contributed by atoms with Crippen LogP contribution in [0.25, 0.3) is 0 Å². The lowest BCUT2D eigenvalue weighted by atomic mass is 9.92. The second kappa shape index (κ2) is 4.24. The first-order valence-corrected chi connectivity index (χ1v) is 5.49. The summed E-state index contributed by atoms with van der Waals surface area (Å²) in [5.41, 5.74) is 0. The molecule has 2 rings (SSSR count). The van der Waals surface area contributed by atoms with Crippen molar-refractivity contribution in [1.29, 1.82) is 0 Å². The fourth-order valence-electron chi connectivity index (χ4n) is 3.00. The summed E-state index contributed by atoms with van der Waals surface area (Å²) in [6.07, 6.45) is 0.356. The van der Waals surface area contributed by atoms with E-state index in [0.29, 0.717) is 12.8 Å². The van der Waals surface area contributed by atoms with E-state index in [1.54, 1.807) is 4.90 Å². The quantitative estimate of drug-likeness (QED) is 0.453. The van der Waals surface area contributed by atoms with Crippen molar-refractivity contribution in [2.75, 3.05) is 6.54 Å². The Hall–Kier alpha value is -0.780. The Morgan fingerprint density at radius 2 is 1.81 bits per heavy atom. The van der Waals surface area contributed by atoms with E-state index < -0.39 is 12.7 Å². The van der Waals surface area contributed by atoms with Crippen molar-refractivity contribution in [1.82, 2.24) is 4.90 Å². The van der Waals surface area contributed by atoms with Crippen molar-refractivity contribution >= 4 is 6.21 Å². The SMILES string of the molecule is O/N=C\C1CC2CCC(C1)N2CC(F)(F)F. The second-order valence-corrected chi connectivity index (χ2v) is 4.67. The molecule has 0 aromatic heterocycles. The van der Waals surface area contributed by atoms with Crippen LogP contribution < -0.4 is 0 Å². The Morgan fingerprint density at radius 1 is 1.25 bits per heavy atom. The fraction of sp³-hybridized carbons (Fsp3) is 0.900. The van der Waals surface area contributed by atoms with Crippen LogP contribution in [0.3, 0.4) is 0 Å². The normalized spacial score (nSPS) is 36.1. The molecule has 16 heavy (non-hydrogen) atoms. The van der Waals surface area contributed by atoms with Gasteiger partial charge in [-0.1, -0.05) is 0 Å². The maximum Gasteiger partial charge on any atom is 0.401 e. The number of halogens is 3. The second-order valence-electron chi connectivity index (χ2n) is 4.67. The summed E-state index contributed by atoms with van der Waals surface area (Å²) in [5, 5.41) is 11.4. The summed E-state index contributed by atoms with van der Waals surface area (Å²) >= 11 is 0. The molecular formula is C10H15F3N2O. The minimum atomic E-state index is -4.11. The van der Waals surface area contributed by atoms with Crippen molar-refractivity contribution < 1.29 is 18.4 Å². The Labute approximate surface area is 91.9 Å². The lowest BCUT2D eigenvalue weighted by Gasteiger charge is -2.37. The zero-order valence-corrected chi connectivity index (χ0v) is 8.82. The fourth-order valence-corrected chi connectivity index (χ4v) is 3.00. The molecular weight excluding hydrogens is 221 g/mol. The molecule has 2 atom stereocenters. The summed E-state index contributed by atoms with van der Waals surface area (Å²) in [7, 11) is 0. The largest absolute Gasteiger partial charge is 0.411 e. The molecule has 0 aromatic carbocycles. The molecule has 3 nitrogen and oxygen atoms in total. The highest BCUT2D eigenvalue weighted by molar-refractivity contribution is 5.60. The third-order valence-corrected chi connectivity index (χ3v) is 3.56. The van der Waals surface area contributed by atoms with Gasteiger partial charge in [-0.05, 0) is 25.7 Å². The van der Waals surface area contributed by atoms with E-state index in [9.17, 15) is 13.2 Å². The number of hydrogen-bond donors (Lipinski definition) is 1. The average molecular weight is 236 g/mol. The van der Waals surface area contributed by atoms with Crippen LogP contribution in [0.2, 0.25) is 0 Å².